The monoisotopic (exact) mass is 407 g/mol. The van der Waals surface area contributed by atoms with Crippen molar-refractivity contribution in [2.75, 3.05) is 32.0 Å². The van der Waals surface area contributed by atoms with E-state index < -0.39 is 5.82 Å². The van der Waals surface area contributed by atoms with Crippen LogP contribution in [-0.2, 0) is 11.2 Å². The number of amides is 1. The molecule has 1 aliphatic rings. The molecule has 3 aromatic rings. The fourth-order valence-electron chi connectivity index (χ4n) is 3.54. The molecular weight excluding hydrogens is 385 g/mol. The van der Waals surface area contributed by atoms with Gasteiger partial charge in [-0.15, -0.1) is 0 Å². The summed E-state index contributed by atoms with van der Waals surface area (Å²) < 4.78 is 19.9. The summed E-state index contributed by atoms with van der Waals surface area (Å²) in [7, 11) is 0. The second-order valence-electron chi connectivity index (χ2n) is 6.97. The van der Waals surface area contributed by atoms with E-state index in [2.05, 4.69) is 15.0 Å². The first-order chi connectivity index (χ1) is 14.6. The number of ether oxygens (including phenoxy) is 1. The van der Waals surface area contributed by atoms with Crippen LogP contribution in [0.2, 0.25) is 0 Å². The van der Waals surface area contributed by atoms with Gasteiger partial charge in [0.1, 0.15) is 18.0 Å². The van der Waals surface area contributed by atoms with Gasteiger partial charge in [-0.1, -0.05) is 6.92 Å². The van der Waals surface area contributed by atoms with Gasteiger partial charge in [0.25, 0.3) is 5.91 Å². The molecule has 1 saturated heterocycles. The molecule has 2 aromatic heterocycles. The molecule has 8 heteroatoms. The smallest absolute Gasteiger partial charge is 0.257 e. The number of morpholine rings is 1. The number of nitrogen functional groups attached to an aromatic ring is 1. The highest BCUT2D eigenvalue weighted by Gasteiger charge is 2.23. The number of aromatic nitrogens is 3. The minimum atomic E-state index is -0.560. The normalized spacial score (nSPS) is 14.0. The van der Waals surface area contributed by atoms with Gasteiger partial charge in [0.05, 0.1) is 30.2 Å². The molecule has 4 rings (SSSR count). The van der Waals surface area contributed by atoms with Crippen molar-refractivity contribution < 1.29 is 13.9 Å². The van der Waals surface area contributed by atoms with E-state index in [1.54, 1.807) is 29.3 Å². The molecule has 0 bridgehead atoms. The van der Waals surface area contributed by atoms with Crippen LogP contribution in [0.3, 0.4) is 0 Å². The molecule has 1 aromatic carbocycles. The molecule has 0 radical (unpaired) electrons. The largest absolute Gasteiger partial charge is 0.384 e. The van der Waals surface area contributed by atoms with Gasteiger partial charge >= 0.3 is 0 Å². The number of rotatable bonds is 4. The summed E-state index contributed by atoms with van der Waals surface area (Å²) >= 11 is 0. The standard InChI is InChI=1S/C22H22FN5O2/c1-2-18-20(15-4-6-19(24)25-12-15)21(27-13-26-18)14-3-5-17(23)16(11-14)22(29)28-7-9-30-10-8-28/h3-6,11-13H,2,7-10H2,1H3,(H2,24,25). The number of halogens is 1. The summed E-state index contributed by atoms with van der Waals surface area (Å²) in [5.74, 6) is -0.496. The lowest BCUT2D eigenvalue weighted by Gasteiger charge is -2.27. The zero-order valence-corrected chi connectivity index (χ0v) is 16.6. The first-order valence-electron chi connectivity index (χ1n) is 9.81. The van der Waals surface area contributed by atoms with Crippen LogP contribution in [0, 0.1) is 5.82 Å². The van der Waals surface area contributed by atoms with E-state index in [4.69, 9.17) is 10.5 Å². The zero-order valence-electron chi connectivity index (χ0n) is 16.6. The summed E-state index contributed by atoms with van der Waals surface area (Å²) in [6, 6.07) is 8.06. The third-order valence-corrected chi connectivity index (χ3v) is 5.10. The summed E-state index contributed by atoms with van der Waals surface area (Å²) in [6.45, 7) is 3.79. The van der Waals surface area contributed by atoms with E-state index in [0.717, 1.165) is 16.8 Å². The highest BCUT2D eigenvalue weighted by atomic mass is 19.1. The Bertz CT molecular complexity index is 1070. The van der Waals surface area contributed by atoms with Gasteiger partial charge in [-0.2, -0.15) is 0 Å². The number of nitrogens with zero attached hydrogens (tertiary/aromatic N) is 4. The van der Waals surface area contributed by atoms with E-state index in [9.17, 15) is 9.18 Å². The predicted molar refractivity (Wildman–Crippen MR) is 111 cm³/mol. The molecule has 0 aliphatic carbocycles. The number of carbonyl (C=O) groups excluding carboxylic acids is 1. The maximum absolute atomic E-state index is 14.6. The number of anilines is 1. The van der Waals surface area contributed by atoms with Crippen molar-refractivity contribution in [2.45, 2.75) is 13.3 Å². The third-order valence-electron chi connectivity index (χ3n) is 5.10. The lowest BCUT2D eigenvalue weighted by atomic mass is 9.96. The quantitative estimate of drug-likeness (QED) is 0.715. The Hall–Kier alpha value is -3.39. The van der Waals surface area contributed by atoms with Gasteiger partial charge in [-0.25, -0.2) is 19.3 Å². The number of aryl methyl sites for hydroxylation is 1. The fraction of sp³-hybridized carbons (Fsp3) is 0.273. The van der Waals surface area contributed by atoms with Crippen molar-refractivity contribution in [2.24, 2.45) is 0 Å². The average Bonchev–Trinajstić information content (AvgIpc) is 2.79. The molecule has 3 heterocycles. The van der Waals surface area contributed by atoms with E-state index >= 15 is 0 Å². The number of benzene rings is 1. The molecule has 1 aliphatic heterocycles. The van der Waals surface area contributed by atoms with Crippen molar-refractivity contribution in [3.63, 3.8) is 0 Å². The zero-order chi connectivity index (χ0) is 21.1. The lowest BCUT2D eigenvalue weighted by molar-refractivity contribution is 0.0300. The minimum Gasteiger partial charge on any atom is -0.384 e. The van der Waals surface area contributed by atoms with E-state index in [0.29, 0.717) is 49.8 Å². The Kier molecular flexibility index (Phi) is 5.67. The van der Waals surface area contributed by atoms with Crippen LogP contribution in [0.5, 0.6) is 0 Å². The molecule has 0 saturated carbocycles. The Morgan fingerprint density at radius 3 is 2.60 bits per heavy atom. The Morgan fingerprint density at radius 2 is 1.90 bits per heavy atom. The molecule has 30 heavy (non-hydrogen) atoms. The maximum Gasteiger partial charge on any atom is 0.257 e. The summed E-state index contributed by atoms with van der Waals surface area (Å²) in [4.78, 5) is 27.5. The van der Waals surface area contributed by atoms with Crippen LogP contribution in [0.1, 0.15) is 23.0 Å². The second-order valence-corrected chi connectivity index (χ2v) is 6.97. The van der Waals surface area contributed by atoms with Crippen LogP contribution in [-0.4, -0.2) is 52.1 Å². The Labute approximate surface area is 173 Å². The van der Waals surface area contributed by atoms with Gasteiger partial charge in [-0.05, 0) is 36.8 Å². The topological polar surface area (TPSA) is 94.2 Å². The van der Waals surface area contributed by atoms with Crippen molar-refractivity contribution >= 4 is 11.7 Å². The van der Waals surface area contributed by atoms with Crippen LogP contribution in [0.4, 0.5) is 10.2 Å². The van der Waals surface area contributed by atoms with Crippen LogP contribution in [0.15, 0.2) is 42.9 Å². The van der Waals surface area contributed by atoms with Crippen molar-refractivity contribution in [3.05, 3.63) is 59.9 Å². The molecule has 1 fully saturated rings. The predicted octanol–water partition coefficient (Wildman–Crippen LogP) is 2.96. The minimum absolute atomic E-state index is 0.0208. The SMILES string of the molecule is CCc1ncnc(-c2ccc(F)c(C(=O)N3CCOCC3)c2)c1-c1ccc(N)nc1. The third kappa shape index (κ3) is 3.86. The summed E-state index contributed by atoms with van der Waals surface area (Å²) in [5.41, 5.74) is 9.44. The van der Waals surface area contributed by atoms with Crippen LogP contribution < -0.4 is 5.73 Å². The summed E-state index contributed by atoms with van der Waals surface area (Å²) in [5, 5.41) is 0. The van der Waals surface area contributed by atoms with Crippen LogP contribution >= 0.6 is 0 Å². The molecule has 0 unspecified atom stereocenters. The molecule has 0 atom stereocenters. The van der Waals surface area contributed by atoms with Gasteiger partial charge in [-0.3, -0.25) is 4.79 Å². The number of hydrogen-bond acceptors (Lipinski definition) is 6. The molecule has 7 nitrogen and oxygen atoms in total. The van der Waals surface area contributed by atoms with Gasteiger partial charge < -0.3 is 15.4 Å². The number of hydrogen-bond donors (Lipinski definition) is 1. The highest BCUT2D eigenvalue weighted by molar-refractivity contribution is 5.96. The Balaban J connectivity index is 1.81. The molecule has 2 N–H and O–H groups in total. The maximum atomic E-state index is 14.6. The highest BCUT2D eigenvalue weighted by Crippen LogP contribution is 2.33. The van der Waals surface area contributed by atoms with E-state index in [-0.39, 0.29) is 11.5 Å². The summed E-state index contributed by atoms with van der Waals surface area (Å²) in [6.07, 6.45) is 3.82. The van der Waals surface area contributed by atoms with Gasteiger partial charge in [0.15, 0.2) is 0 Å². The molecule has 154 valence electrons. The molecule has 1 amide bonds. The lowest BCUT2D eigenvalue weighted by Crippen LogP contribution is -2.41. The van der Waals surface area contributed by atoms with Gasteiger partial charge in [0.2, 0.25) is 0 Å². The number of nitrogens with two attached hydrogens (primary N) is 1. The molecular formula is C22H22FN5O2. The van der Waals surface area contributed by atoms with Gasteiger partial charge in [0, 0.05) is 36.0 Å². The van der Waals surface area contributed by atoms with Crippen molar-refractivity contribution in [1.29, 1.82) is 0 Å². The van der Waals surface area contributed by atoms with Crippen molar-refractivity contribution in [1.82, 2.24) is 19.9 Å². The number of carbonyl (C=O) groups is 1. The van der Waals surface area contributed by atoms with E-state index in [1.807, 2.05) is 13.0 Å². The molecule has 0 spiro atoms. The fourth-order valence-corrected chi connectivity index (χ4v) is 3.54. The van der Waals surface area contributed by atoms with Crippen molar-refractivity contribution in [3.8, 4) is 22.4 Å². The second kappa shape index (κ2) is 8.54. The van der Waals surface area contributed by atoms with E-state index in [1.165, 1.54) is 12.4 Å². The first kappa shape index (κ1) is 19.9. The first-order valence-corrected chi connectivity index (χ1v) is 9.81. The number of pyridine rings is 1. The van der Waals surface area contributed by atoms with Crippen LogP contribution in [0.25, 0.3) is 22.4 Å². The average molecular weight is 407 g/mol. The Morgan fingerprint density at radius 1 is 1.13 bits per heavy atom.